The summed E-state index contributed by atoms with van der Waals surface area (Å²) in [4.78, 5) is 11.7. The second-order valence-electron chi connectivity index (χ2n) is 5.07. The zero-order valence-corrected chi connectivity index (χ0v) is 14.1. The van der Waals surface area contributed by atoms with E-state index in [4.69, 9.17) is 4.98 Å². The summed E-state index contributed by atoms with van der Waals surface area (Å²) in [5, 5.41) is 4.11. The highest BCUT2D eigenvalue weighted by atomic mass is 32.2. The highest BCUT2D eigenvalue weighted by molar-refractivity contribution is 8.14. The van der Waals surface area contributed by atoms with Crippen molar-refractivity contribution in [1.29, 1.82) is 0 Å². The Kier molecular flexibility index (Phi) is 4.13. The molecule has 0 radical (unpaired) electrons. The molecular formula is C18H15N3S2. The quantitative estimate of drug-likeness (QED) is 0.669. The molecule has 0 aliphatic carbocycles. The Hall–Kier alpha value is -2.11. The van der Waals surface area contributed by atoms with E-state index in [2.05, 4.69) is 39.5 Å². The van der Waals surface area contributed by atoms with Crippen LogP contribution < -0.4 is 4.90 Å². The lowest BCUT2D eigenvalue weighted by Crippen LogP contribution is -2.21. The summed E-state index contributed by atoms with van der Waals surface area (Å²) < 4.78 is 0. The number of benzene rings is 2. The van der Waals surface area contributed by atoms with Gasteiger partial charge in [-0.3, -0.25) is 9.89 Å². The summed E-state index contributed by atoms with van der Waals surface area (Å²) in [6.07, 6.45) is 0. The molecule has 2 heterocycles. The van der Waals surface area contributed by atoms with Crippen molar-refractivity contribution in [2.75, 3.05) is 17.2 Å². The third-order valence-electron chi connectivity index (χ3n) is 3.53. The first-order chi connectivity index (χ1) is 11.4. The second kappa shape index (κ2) is 6.56. The zero-order chi connectivity index (χ0) is 15.5. The van der Waals surface area contributed by atoms with E-state index >= 15 is 0 Å². The summed E-state index contributed by atoms with van der Waals surface area (Å²) >= 11 is 3.44. The van der Waals surface area contributed by atoms with Crippen LogP contribution in [0.3, 0.4) is 0 Å². The predicted molar refractivity (Wildman–Crippen MR) is 101 cm³/mol. The average Bonchev–Trinajstić information content (AvgIpc) is 3.30. The van der Waals surface area contributed by atoms with Crippen LogP contribution in [0.25, 0.3) is 11.3 Å². The summed E-state index contributed by atoms with van der Waals surface area (Å²) in [6.45, 7) is 0.875. The molecular weight excluding hydrogens is 322 g/mol. The normalized spacial score (nSPS) is 13.8. The van der Waals surface area contributed by atoms with Crippen molar-refractivity contribution in [1.82, 2.24) is 4.98 Å². The summed E-state index contributed by atoms with van der Waals surface area (Å²) in [5.74, 6) is 1.04. The van der Waals surface area contributed by atoms with Crippen LogP contribution in [-0.4, -0.2) is 22.4 Å². The maximum atomic E-state index is 4.85. The van der Waals surface area contributed by atoms with Crippen LogP contribution in [0.5, 0.6) is 0 Å². The van der Waals surface area contributed by atoms with Gasteiger partial charge in [-0.05, 0) is 12.1 Å². The maximum Gasteiger partial charge on any atom is 0.196 e. The van der Waals surface area contributed by atoms with Gasteiger partial charge in [0, 0.05) is 16.7 Å². The summed E-state index contributed by atoms with van der Waals surface area (Å²) in [7, 11) is 0. The molecule has 0 spiro atoms. The number of amidine groups is 1. The van der Waals surface area contributed by atoms with E-state index in [-0.39, 0.29) is 0 Å². The Balaban J connectivity index is 1.74. The molecule has 2 aromatic carbocycles. The fourth-order valence-corrected chi connectivity index (χ4v) is 4.23. The van der Waals surface area contributed by atoms with Crippen molar-refractivity contribution < 1.29 is 0 Å². The fourth-order valence-electron chi connectivity index (χ4n) is 2.45. The highest BCUT2D eigenvalue weighted by Crippen LogP contribution is 2.35. The number of hydrogen-bond donors (Lipinski definition) is 0. The molecule has 0 saturated heterocycles. The van der Waals surface area contributed by atoms with Gasteiger partial charge in [0.2, 0.25) is 0 Å². The first-order valence-electron chi connectivity index (χ1n) is 7.45. The minimum Gasteiger partial charge on any atom is -0.265 e. The Bertz CT molecular complexity index is 813. The van der Waals surface area contributed by atoms with Crippen molar-refractivity contribution in [2.24, 2.45) is 4.99 Å². The van der Waals surface area contributed by atoms with E-state index in [1.807, 2.05) is 36.4 Å². The van der Waals surface area contributed by atoms with Gasteiger partial charge >= 0.3 is 0 Å². The van der Waals surface area contributed by atoms with Gasteiger partial charge in [-0.1, -0.05) is 60.3 Å². The molecule has 3 nitrogen and oxygen atoms in total. The topological polar surface area (TPSA) is 28.5 Å². The van der Waals surface area contributed by atoms with Crippen molar-refractivity contribution >= 4 is 39.1 Å². The first kappa shape index (κ1) is 14.5. The van der Waals surface area contributed by atoms with Crippen LogP contribution in [0.15, 0.2) is 71.0 Å². The fraction of sp³-hybridized carbons (Fsp3) is 0.111. The number of hydrogen-bond acceptors (Lipinski definition) is 5. The van der Waals surface area contributed by atoms with E-state index < -0.39 is 0 Å². The van der Waals surface area contributed by atoms with Gasteiger partial charge in [0.05, 0.1) is 17.9 Å². The van der Waals surface area contributed by atoms with Crippen LogP contribution in [0.1, 0.15) is 0 Å². The van der Waals surface area contributed by atoms with E-state index in [9.17, 15) is 0 Å². The molecule has 0 N–H and O–H groups in total. The van der Waals surface area contributed by atoms with Gasteiger partial charge in [0.1, 0.15) is 0 Å². The lowest BCUT2D eigenvalue weighted by Gasteiger charge is -2.20. The Morgan fingerprint density at radius 1 is 0.913 bits per heavy atom. The number of thiazole rings is 1. The molecule has 0 unspecified atom stereocenters. The van der Waals surface area contributed by atoms with Crippen molar-refractivity contribution in [3.05, 3.63) is 66.0 Å². The minimum absolute atomic E-state index is 0.875. The molecule has 0 saturated carbocycles. The van der Waals surface area contributed by atoms with Crippen LogP contribution in [0, 0.1) is 0 Å². The SMILES string of the molecule is c1ccc(-c2csc(N(C3=NCCS3)c3ccccc3)n2)cc1. The Morgan fingerprint density at radius 2 is 1.65 bits per heavy atom. The molecule has 1 aliphatic rings. The number of nitrogens with zero attached hydrogens (tertiary/aromatic N) is 3. The third-order valence-corrected chi connectivity index (χ3v) is 5.31. The molecule has 114 valence electrons. The van der Waals surface area contributed by atoms with Crippen molar-refractivity contribution in [2.45, 2.75) is 0 Å². The van der Waals surface area contributed by atoms with Crippen molar-refractivity contribution in [3.63, 3.8) is 0 Å². The lowest BCUT2D eigenvalue weighted by atomic mass is 10.2. The monoisotopic (exact) mass is 337 g/mol. The molecule has 0 fully saturated rings. The van der Waals surface area contributed by atoms with Crippen molar-refractivity contribution in [3.8, 4) is 11.3 Å². The third kappa shape index (κ3) is 3.02. The molecule has 1 aromatic heterocycles. The summed E-state index contributed by atoms with van der Waals surface area (Å²) in [6, 6.07) is 20.6. The summed E-state index contributed by atoms with van der Waals surface area (Å²) in [5.41, 5.74) is 3.26. The smallest absolute Gasteiger partial charge is 0.196 e. The molecule has 5 heteroatoms. The van der Waals surface area contributed by atoms with E-state index in [0.717, 1.165) is 39.5 Å². The van der Waals surface area contributed by atoms with Gasteiger partial charge in [-0.15, -0.1) is 11.3 Å². The maximum absolute atomic E-state index is 4.85. The van der Waals surface area contributed by atoms with Crippen LogP contribution in [0.2, 0.25) is 0 Å². The van der Waals surface area contributed by atoms with E-state index in [1.165, 1.54) is 0 Å². The molecule has 3 aromatic rings. The molecule has 4 rings (SSSR count). The lowest BCUT2D eigenvalue weighted by molar-refractivity contribution is 1.16. The number of aromatic nitrogens is 1. The zero-order valence-electron chi connectivity index (χ0n) is 12.4. The largest absolute Gasteiger partial charge is 0.265 e. The number of thioether (sulfide) groups is 1. The van der Waals surface area contributed by atoms with Gasteiger partial charge in [0.15, 0.2) is 10.3 Å². The molecule has 0 bridgehead atoms. The Labute approximate surface area is 143 Å². The van der Waals surface area contributed by atoms with Gasteiger partial charge in [0.25, 0.3) is 0 Å². The number of rotatable bonds is 3. The van der Waals surface area contributed by atoms with Crippen LogP contribution >= 0.6 is 23.1 Å². The van der Waals surface area contributed by atoms with Crippen LogP contribution in [-0.2, 0) is 0 Å². The molecule has 0 amide bonds. The van der Waals surface area contributed by atoms with Gasteiger partial charge < -0.3 is 0 Å². The standard InChI is InChI=1S/C18H15N3S2/c1-3-7-14(8-4-1)16-13-23-18(20-16)21(17-19-11-12-22-17)15-9-5-2-6-10-15/h1-10,13H,11-12H2. The molecule has 1 aliphatic heterocycles. The first-order valence-corrected chi connectivity index (χ1v) is 9.32. The second-order valence-corrected chi connectivity index (χ2v) is 6.96. The number of aliphatic imine (C=N–C) groups is 1. The number of anilines is 2. The molecule has 23 heavy (non-hydrogen) atoms. The average molecular weight is 337 g/mol. The minimum atomic E-state index is 0.875. The predicted octanol–water partition coefficient (Wildman–Crippen LogP) is 5.05. The number of para-hydroxylation sites is 1. The van der Waals surface area contributed by atoms with Gasteiger partial charge in [-0.25, -0.2) is 4.98 Å². The Morgan fingerprint density at radius 3 is 2.35 bits per heavy atom. The van der Waals surface area contributed by atoms with E-state index in [0.29, 0.717) is 0 Å². The molecule has 0 atom stereocenters. The van der Waals surface area contributed by atoms with Crippen LogP contribution in [0.4, 0.5) is 10.8 Å². The van der Waals surface area contributed by atoms with Gasteiger partial charge in [-0.2, -0.15) is 0 Å². The van der Waals surface area contributed by atoms with E-state index in [1.54, 1.807) is 23.1 Å². The highest BCUT2D eigenvalue weighted by Gasteiger charge is 2.22.